The van der Waals surface area contributed by atoms with Gasteiger partial charge in [-0.2, -0.15) is 5.10 Å². The third-order valence-corrected chi connectivity index (χ3v) is 4.57. The molecule has 0 fully saturated rings. The number of aromatic hydroxyl groups is 1. The largest absolute Gasteiger partial charge is 0.506 e. The molecule has 0 unspecified atom stereocenters. The van der Waals surface area contributed by atoms with E-state index < -0.39 is 0 Å². The second kappa shape index (κ2) is 7.40. The summed E-state index contributed by atoms with van der Waals surface area (Å²) in [5.41, 5.74) is 6.17. The normalized spacial score (nSPS) is 11.5. The van der Waals surface area contributed by atoms with Crippen molar-refractivity contribution in [2.24, 2.45) is 5.10 Å². The molecule has 0 spiro atoms. The summed E-state index contributed by atoms with van der Waals surface area (Å²) in [5, 5.41) is 15.5. The van der Waals surface area contributed by atoms with Gasteiger partial charge in [0.25, 0.3) is 5.56 Å². The second-order valence-corrected chi connectivity index (χ2v) is 6.40. The Bertz CT molecular complexity index is 1210. The third kappa shape index (κ3) is 3.14. The molecular weight excluding hydrogens is 350 g/mol. The number of para-hydroxylation sites is 1. The van der Waals surface area contributed by atoms with E-state index in [9.17, 15) is 9.90 Å². The van der Waals surface area contributed by atoms with Gasteiger partial charge in [-0.1, -0.05) is 54.6 Å². The highest BCUT2D eigenvalue weighted by Gasteiger charge is 2.20. The summed E-state index contributed by atoms with van der Waals surface area (Å²) in [5.74, 6) is -0.0708. The van der Waals surface area contributed by atoms with Crippen molar-refractivity contribution in [2.45, 2.75) is 6.92 Å². The first-order valence-electron chi connectivity index (χ1n) is 8.94. The summed E-state index contributed by atoms with van der Waals surface area (Å²) in [6.07, 6.45) is 1.70. The Balaban J connectivity index is 1.94. The number of fused-ring (bicyclic) bond motifs is 1. The molecule has 0 bridgehead atoms. The first-order valence-corrected chi connectivity index (χ1v) is 8.94. The molecule has 0 aliphatic rings. The van der Waals surface area contributed by atoms with Gasteiger partial charge < -0.3 is 5.11 Å². The predicted octanol–water partition coefficient (Wildman–Crippen LogP) is 4.51. The van der Waals surface area contributed by atoms with Crippen molar-refractivity contribution in [3.05, 3.63) is 101 Å². The summed E-state index contributed by atoms with van der Waals surface area (Å²) in [6.45, 7) is 1.80. The number of benzene rings is 2. The van der Waals surface area contributed by atoms with Crippen molar-refractivity contribution in [1.29, 1.82) is 0 Å². The zero-order valence-corrected chi connectivity index (χ0v) is 15.3. The topological polar surface area (TPSA) is 66.1 Å². The molecule has 2 aromatic carbocycles. The number of hydrogen-bond acceptors (Lipinski definition) is 4. The highest BCUT2D eigenvalue weighted by atomic mass is 16.3. The van der Waals surface area contributed by atoms with Crippen LogP contribution in [0.2, 0.25) is 0 Å². The molecule has 5 nitrogen and oxygen atoms in total. The van der Waals surface area contributed by atoms with Gasteiger partial charge in [-0.15, -0.1) is 0 Å². The summed E-state index contributed by atoms with van der Waals surface area (Å²) in [6, 6.07) is 24.1. The molecule has 5 heteroatoms. The van der Waals surface area contributed by atoms with E-state index in [0.29, 0.717) is 22.4 Å². The van der Waals surface area contributed by atoms with Crippen LogP contribution in [0.1, 0.15) is 12.5 Å². The lowest BCUT2D eigenvalue weighted by Gasteiger charge is -2.14. The summed E-state index contributed by atoms with van der Waals surface area (Å²) >= 11 is 0. The van der Waals surface area contributed by atoms with Crippen LogP contribution in [0.25, 0.3) is 16.6 Å². The van der Waals surface area contributed by atoms with Crippen LogP contribution >= 0.6 is 0 Å². The number of hydrogen-bond donors (Lipinski definition) is 2. The average molecular weight is 369 g/mol. The Labute approximate surface area is 162 Å². The number of hydrazone groups is 1. The van der Waals surface area contributed by atoms with Crippen molar-refractivity contribution in [3.8, 4) is 16.9 Å². The number of rotatable bonds is 4. The summed E-state index contributed by atoms with van der Waals surface area (Å²) in [4.78, 5) is 13.1. The number of nitrogens with one attached hydrogen (secondary N) is 1. The average Bonchev–Trinajstić information content (AvgIpc) is 2.74. The van der Waals surface area contributed by atoms with E-state index in [1.54, 1.807) is 29.7 Å². The molecule has 0 aliphatic carbocycles. The molecule has 2 aromatic heterocycles. The number of aromatic nitrogens is 1. The third-order valence-electron chi connectivity index (χ3n) is 4.57. The predicted molar refractivity (Wildman–Crippen MR) is 113 cm³/mol. The van der Waals surface area contributed by atoms with Crippen LogP contribution in [0.4, 0.5) is 5.69 Å². The maximum Gasteiger partial charge on any atom is 0.266 e. The van der Waals surface area contributed by atoms with Gasteiger partial charge in [0.2, 0.25) is 0 Å². The highest BCUT2D eigenvalue weighted by Crippen LogP contribution is 2.32. The SMILES string of the molecule is C/C(=N\Nc1ccccc1)c1c(O)c(-c2ccccc2)c(=O)n2ccccc12. The van der Waals surface area contributed by atoms with Crippen molar-refractivity contribution in [1.82, 2.24) is 4.40 Å². The van der Waals surface area contributed by atoms with Crippen LogP contribution in [-0.4, -0.2) is 15.2 Å². The fourth-order valence-corrected chi connectivity index (χ4v) is 3.23. The molecule has 0 saturated carbocycles. The van der Waals surface area contributed by atoms with E-state index >= 15 is 0 Å². The van der Waals surface area contributed by atoms with Crippen LogP contribution in [-0.2, 0) is 0 Å². The molecule has 138 valence electrons. The van der Waals surface area contributed by atoms with Gasteiger partial charge >= 0.3 is 0 Å². The van der Waals surface area contributed by atoms with Crippen LogP contribution in [0.5, 0.6) is 5.75 Å². The van der Waals surface area contributed by atoms with E-state index in [1.807, 2.05) is 66.7 Å². The van der Waals surface area contributed by atoms with Gasteiger partial charge in [-0.05, 0) is 36.8 Å². The quantitative estimate of drug-likeness (QED) is 0.411. The van der Waals surface area contributed by atoms with E-state index in [0.717, 1.165) is 5.69 Å². The van der Waals surface area contributed by atoms with Crippen molar-refractivity contribution < 1.29 is 5.11 Å². The maximum atomic E-state index is 13.1. The molecule has 4 aromatic rings. The van der Waals surface area contributed by atoms with Crippen molar-refractivity contribution >= 4 is 16.9 Å². The van der Waals surface area contributed by atoms with Gasteiger partial charge in [0.1, 0.15) is 5.75 Å². The lowest BCUT2D eigenvalue weighted by molar-refractivity contribution is 0.475. The Morgan fingerprint density at radius 2 is 1.57 bits per heavy atom. The van der Waals surface area contributed by atoms with Gasteiger partial charge in [0, 0.05) is 6.20 Å². The lowest BCUT2D eigenvalue weighted by Crippen LogP contribution is -2.19. The molecule has 0 atom stereocenters. The Hall–Kier alpha value is -3.86. The van der Waals surface area contributed by atoms with Crippen molar-refractivity contribution in [3.63, 3.8) is 0 Å². The minimum Gasteiger partial charge on any atom is -0.506 e. The number of nitrogens with zero attached hydrogens (tertiary/aromatic N) is 2. The molecular formula is C23H19N3O2. The van der Waals surface area contributed by atoms with Gasteiger partial charge in [-0.25, -0.2) is 0 Å². The fourth-order valence-electron chi connectivity index (χ4n) is 3.23. The molecule has 2 heterocycles. The monoisotopic (exact) mass is 369 g/mol. The van der Waals surface area contributed by atoms with E-state index in [-0.39, 0.29) is 16.9 Å². The van der Waals surface area contributed by atoms with Crippen LogP contribution < -0.4 is 11.0 Å². The number of pyridine rings is 2. The Morgan fingerprint density at radius 1 is 0.929 bits per heavy atom. The van der Waals surface area contributed by atoms with Crippen molar-refractivity contribution in [2.75, 3.05) is 5.43 Å². The van der Waals surface area contributed by atoms with Gasteiger partial charge in [-0.3, -0.25) is 14.6 Å². The molecule has 4 rings (SSSR count). The zero-order chi connectivity index (χ0) is 19.5. The van der Waals surface area contributed by atoms with Crippen LogP contribution in [0.15, 0.2) is 95.0 Å². The maximum absolute atomic E-state index is 13.1. The summed E-state index contributed by atoms with van der Waals surface area (Å²) < 4.78 is 1.54. The Kier molecular flexibility index (Phi) is 4.64. The van der Waals surface area contributed by atoms with E-state index in [1.165, 1.54) is 0 Å². The summed E-state index contributed by atoms with van der Waals surface area (Å²) in [7, 11) is 0. The first kappa shape index (κ1) is 17.5. The molecule has 0 radical (unpaired) electrons. The molecule has 2 N–H and O–H groups in total. The van der Waals surface area contributed by atoms with Gasteiger partial charge in [0.15, 0.2) is 0 Å². The van der Waals surface area contributed by atoms with Crippen LogP contribution in [0.3, 0.4) is 0 Å². The molecule has 0 amide bonds. The van der Waals surface area contributed by atoms with Gasteiger partial charge in [0.05, 0.1) is 28.0 Å². The minimum absolute atomic E-state index is 0.0708. The van der Waals surface area contributed by atoms with E-state index in [2.05, 4.69) is 10.5 Å². The smallest absolute Gasteiger partial charge is 0.266 e. The van der Waals surface area contributed by atoms with E-state index in [4.69, 9.17) is 0 Å². The second-order valence-electron chi connectivity index (χ2n) is 6.40. The molecule has 28 heavy (non-hydrogen) atoms. The fraction of sp³-hybridized carbons (Fsp3) is 0.0435. The van der Waals surface area contributed by atoms with Crippen LogP contribution in [0, 0.1) is 0 Å². The minimum atomic E-state index is -0.271. The number of anilines is 1. The molecule has 0 saturated heterocycles. The Morgan fingerprint density at radius 3 is 2.29 bits per heavy atom. The zero-order valence-electron chi connectivity index (χ0n) is 15.3. The lowest BCUT2D eigenvalue weighted by atomic mass is 10.00. The highest BCUT2D eigenvalue weighted by molar-refractivity contribution is 6.08. The molecule has 0 aliphatic heterocycles. The first-order chi connectivity index (χ1) is 13.7. The standard InChI is InChI=1S/C23H19N3O2/c1-16(24-25-18-12-6-3-7-13-18)20-19-14-8-9-15-26(19)23(28)21(22(20)27)17-10-4-2-5-11-17/h2-15,25,27H,1H3/b24-16+.